The Labute approximate surface area is 112 Å². The maximum absolute atomic E-state index is 11.2. The van der Waals surface area contributed by atoms with Gasteiger partial charge in [0.25, 0.3) is 0 Å². The van der Waals surface area contributed by atoms with Crippen LogP contribution < -0.4 is 5.32 Å². The maximum Gasteiger partial charge on any atom is 0.154 e. The van der Waals surface area contributed by atoms with Crippen LogP contribution in [0.1, 0.15) is 72.1 Å². The molecule has 0 rings (SSSR count). The Morgan fingerprint density at radius 1 is 0.833 bits per heavy atom. The highest BCUT2D eigenvalue weighted by Gasteiger charge is 2.17. The first-order valence-electron chi connectivity index (χ1n) is 7.33. The van der Waals surface area contributed by atoms with Crippen LogP contribution in [-0.2, 0) is 9.59 Å². The molecule has 0 atom stereocenters. The zero-order valence-corrected chi connectivity index (χ0v) is 12.3. The van der Waals surface area contributed by atoms with Crippen molar-refractivity contribution in [2.75, 3.05) is 6.54 Å². The van der Waals surface area contributed by atoms with Crippen LogP contribution in [0, 0.1) is 0 Å². The Kier molecular flexibility index (Phi) is 11.0. The number of carbonyl (C=O) groups is 2. The minimum absolute atomic E-state index is 0.0814. The Morgan fingerprint density at radius 3 is 1.72 bits per heavy atom. The number of hydrogen-bond acceptors (Lipinski definition) is 3. The minimum atomic E-state index is -0.588. The molecule has 0 fully saturated rings. The lowest BCUT2D eigenvalue weighted by Crippen LogP contribution is -2.41. The number of rotatable bonds is 12. The van der Waals surface area contributed by atoms with Crippen molar-refractivity contribution in [3.05, 3.63) is 0 Å². The zero-order valence-electron chi connectivity index (χ0n) is 12.3. The van der Waals surface area contributed by atoms with Crippen LogP contribution in [-0.4, -0.2) is 24.2 Å². The average molecular weight is 255 g/mol. The van der Waals surface area contributed by atoms with Crippen LogP contribution in [0.4, 0.5) is 0 Å². The third-order valence-electron chi connectivity index (χ3n) is 3.19. The van der Waals surface area contributed by atoms with Crippen LogP contribution in [0.3, 0.4) is 0 Å². The van der Waals surface area contributed by atoms with Gasteiger partial charge in [0, 0.05) is 0 Å². The lowest BCUT2D eigenvalue weighted by Gasteiger charge is -2.12. The molecule has 0 aromatic carbocycles. The summed E-state index contributed by atoms with van der Waals surface area (Å²) >= 11 is 0. The molecule has 0 spiro atoms. The molecule has 0 saturated heterocycles. The second-order valence-corrected chi connectivity index (χ2v) is 5.08. The Balaban J connectivity index is 3.39. The van der Waals surface area contributed by atoms with E-state index in [9.17, 15) is 9.59 Å². The summed E-state index contributed by atoms with van der Waals surface area (Å²) < 4.78 is 0. The fraction of sp³-hybridized carbons (Fsp3) is 0.867. The molecule has 0 aromatic rings. The average Bonchev–Trinajstić information content (AvgIpc) is 2.30. The standard InChI is InChI=1S/C15H29NO2/c1-4-5-6-7-8-9-10-11-12-16-15(13(2)17)14(3)18/h15-16H,4-12H2,1-3H3. The molecular formula is C15H29NO2. The summed E-state index contributed by atoms with van der Waals surface area (Å²) in [5.41, 5.74) is 0. The molecule has 0 aliphatic heterocycles. The van der Waals surface area contributed by atoms with Gasteiger partial charge in [0.2, 0.25) is 0 Å². The first-order valence-corrected chi connectivity index (χ1v) is 7.33. The van der Waals surface area contributed by atoms with Crippen molar-refractivity contribution in [1.29, 1.82) is 0 Å². The summed E-state index contributed by atoms with van der Waals surface area (Å²) in [5, 5.41) is 3.03. The quantitative estimate of drug-likeness (QED) is 0.430. The molecular weight excluding hydrogens is 226 g/mol. The van der Waals surface area contributed by atoms with Gasteiger partial charge in [-0.2, -0.15) is 0 Å². The normalized spacial score (nSPS) is 10.9. The van der Waals surface area contributed by atoms with E-state index < -0.39 is 6.04 Å². The molecule has 0 aliphatic carbocycles. The van der Waals surface area contributed by atoms with Gasteiger partial charge in [-0.25, -0.2) is 0 Å². The van der Waals surface area contributed by atoms with E-state index in [2.05, 4.69) is 12.2 Å². The summed E-state index contributed by atoms with van der Waals surface area (Å²) in [6.07, 6.45) is 10.1. The second kappa shape index (κ2) is 11.4. The van der Waals surface area contributed by atoms with Gasteiger partial charge >= 0.3 is 0 Å². The van der Waals surface area contributed by atoms with Gasteiger partial charge in [0.15, 0.2) is 11.6 Å². The number of ketones is 2. The molecule has 106 valence electrons. The zero-order chi connectivity index (χ0) is 13.8. The van der Waals surface area contributed by atoms with Crippen molar-refractivity contribution in [2.45, 2.75) is 78.2 Å². The van der Waals surface area contributed by atoms with Gasteiger partial charge < -0.3 is 5.32 Å². The molecule has 0 bridgehead atoms. The van der Waals surface area contributed by atoms with Gasteiger partial charge in [-0.1, -0.05) is 51.9 Å². The fourth-order valence-corrected chi connectivity index (χ4v) is 2.08. The number of unbranched alkanes of at least 4 members (excludes halogenated alkanes) is 7. The van der Waals surface area contributed by atoms with Gasteiger partial charge in [0.05, 0.1) is 0 Å². The van der Waals surface area contributed by atoms with E-state index in [0.29, 0.717) is 0 Å². The molecule has 3 heteroatoms. The van der Waals surface area contributed by atoms with Crippen LogP contribution in [0.5, 0.6) is 0 Å². The Bertz CT molecular complexity index is 225. The van der Waals surface area contributed by atoms with Gasteiger partial charge in [0.1, 0.15) is 6.04 Å². The van der Waals surface area contributed by atoms with Crippen molar-refractivity contribution in [3.63, 3.8) is 0 Å². The second-order valence-electron chi connectivity index (χ2n) is 5.08. The minimum Gasteiger partial charge on any atom is -0.301 e. The smallest absolute Gasteiger partial charge is 0.154 e. The maximum atomic E-state index is 11.2. The van der Waals surface area contributed by atoms with E-state index in [1.54, 1.807) is 0 Å². The summed E-state index contributed by atoms with van der Waals surface area (Å²) in [7, 11) is 0. The van der Waals surface area contributed by atoms with Crippen molar-refractivity contribution < 1.29 is 9.59 Å². The van der Waals surface area contributed by atoms with E-state index in [1.165, 1.54) is 58.8 Å². The highest BCUT2D eigenvalue weighted by atomic mass is 16.2. The van der Waals surface area contributed by atoms with Crippen LogP contribution in [0.15, 0.2) is 0 Å². The highest BCUT2D eigenvalue weighted by molar-refractivity contribution is 6.04. The van der Waals surface area contributed by atoms with Gasteiger partial charge in [-0.15, -0.1) is 0 Å². The SMILES string of the molecule is CCCCCCCCCCNC(C(C)=O)C(C)=O. The molecule has 0 radical (unpaired) electrons. The molecule has 18 heavy (non-hydrogen) atoms. The van der Waals surface area contributed by atoms with Crippen LogP contribution in [0.25, 0.3) is 0 Å². The predicted octanol–water partition coefficient (Wildman–Crippen LogP) is 3.26. The first kappa shape index (κ1) is 17.3. The largest absolute Gasteiger partial charge is 0.301 e. The third-order valence-corrected chi connectivity index (χ3v) is 3.19. The van der Waals surface area contributed by atoms with Crippen LogP contribution in [0.2, 0.25) is 0 Å². The van der Waals surface area contributed by atoms with Crippen molar-refractivity contribution in [1.82, 2.24) is 5.32 Å². The number of carbonyl (C=O) groups excluding carboxylic acids is 2. The molecule has 0 aliphatic rings. The molecule has 0 amide bonds. The van der Waals surface area contributed by atoms with Crippen molar-refractivity contribution in [2.24, 2.45) is 0 Å². The lowest BCUT2D eigenvalue weighted by molar-refractivity contribution is -0.127. The molecule has 3 nitrogen and oxygen atoms in total. The summed E-state index contributed by atoms with van der Waals surface area (Å²) in [6, 6.07) is -0.588. The van der Waals surface area contributed by atoms with E-state index in [1.807, 2.05) is 0 Å². The highest BCUT2D eigenvalue weighted by Crippen LogP contribution is 2.07. The fourth-order valence-electron chi connectivity index (χ4n) is 2.08. The molecule has 0 unspecified atom stereocenters. The Hall–Kier alpha value is -0.700. The number of Topliss-reactive ketones (excluding diaryl/α,β-unsaturated/α-hetero) is 2. The molecule has 0 heterocycles. The number of nitrogens with one attached hydrogen (secondary N) is 1. The van der Waals surface area contributed by atoms with E-state index in [4.69, 9.17) is 0 Å². The Morgan fingerprint density at radius 2 is 1.28 bits per heavy atom. The topological polar surface area (TPSA) is 46.2 Å². The van der Waals surface area contributed by atoms with E-state index >= 15 is 0 Å². The van der Waals surface area contributed by atoms with E-state index in [-0.39, 0.29) is 11.6 Å². The van der Waals surface area contributed by atoms with Crippen molar-refractivity contribution >= 4 is 11.6 Å². The van der Waals surface area contributed by atoms with Gasteiger partial charge in [-0.3, -0.25) is 9.59 Å². The van der Waals surface area contributed by atoms with E-state index in [0.717, 1.165) is 13.0 Å². The summed E-state index contributed by atoms with van der Waals surface area (Å²) in [5.74, 6) is -0.163. The summed E-state index contributed by atoms with van der Waals surface area (Å²) in [6.45, 7) is 5.92. The monoisotopic (exact) mass is 255 g/mol. The molecule has 0 aromatic heterocycles. The lowest BCUT2D eigenvalue weighted by atomic mass is 10.1. The van der Waals surface area contributed by atoms with Gasteiger partial charge in [-0.05, 0) is 26.8 Å². The van der Waals surface area contributed by atoms with Crippen LogP contribution >= 0.6 is 0 Å². The number of hydrogen-bond donors (Lipinski definition) is 1. The van der Waals surface area contributed by atoms with Crippen molar-refractivity contribution in [3.8, 4) is 0 Å². The first-order chi connectivity index (χ1) is 8.59. The summed E-state index contributed by atoms with van der Waals surface area (Å²) in [4.78, 5) is 22.3. The predicted molar refractivity (Wildman–Crippen MR) is 75.8 cm³/mol. The molecule has 0 saturated carbocycles. The molecule has 1 N–H and O–H groups in total. The third kappa shape index (κ3) is 9.34.